The normalized spacial score (nSPS) is 16.0. The van der Waals surface area contributed by atoms with Gasteiger partial charge in [-0.1, -0.05) is 43.2 Å². The second kappa shape index (κ2) is 10.6. The molecule has 1 aromatic carbocycles. The summed E-state index contributed by atoms with van der Waals surface area (Å²) in [6.07, 6.45) is 5.11. The molecule has 0 saturated heterocycles. The minimum absolute atomic E-state index is 0. The Morgan fingerprint density at radius 3 is 2.36 bits per heavy atom. The molecular weight excluding hydrogens is 427 g/mol. The predicted octanol–water partition coefficient (Wildman–Crippen LogP) is 2.66. The van der Waals surface area contributed by atoms with Crippen LogP contribution in [0.5, 0.6) is 0 Å². The maximum Gasteiger partial charge on any atom is 0.230 e. The fraction of sp³-hybridized carbons (Fsp3) is 0.579. The molecule has 1 aromatic rings. The summed E-state index contributed by atoms with van der Waals surface area (Å²) in [5.41, 5.74) is 1.02. The van der Waals surface area contributed by atoms with Gasteiger partial charge in [-0.2, -0.15) is 0 Å². The molecule has 2 rings (SSSR count). The number of carbonyl (C=O) groups excluding carboxylic acids is 1. The number of aliphatic imine (C=N–C) groups is 1. The predicted molar refractivity (Wildman–Crippen MR) is 115 cm³/mol. The van der Waals surface area contributed by atoms with E-state index in [2.05, 4.69) is 39.9 Å². The van der Waals surface area contributed by atoms with Crippen LogP contribution in [0.1, 0.15) is 31.2 Å². The molecule has 6 heteroatoms. The first kappa shape index (κ1) is 21.7. The van der Waals surface area contributed by atoms with Gasteiger partial charge in [0, 0.05) is 34.2 Å². The monoisotopic (exact) mass is 458 g/mol. The van der Waals surface area contributed by atoms with Crippen LogP contribution in [0.2, 0.25) is 0 Å². The molecule has 1 aliphatic rings. The van der Waals surface area contributed by atoms with Crippen molar-refractivity contribution in [2.75, 3.05) is 34.2 Å². The van der Waals surface area contributed by atoms with Crippen LogP contribution < -0.4 is 10.6 Å². The summed E-state index contributed by atoms with van der Waals surface area (Å²) >= 11 is 0. The van der Waals surface area contributed by atoms with E-state index in [0.29, 0.717) is 6.54 Å². The van der Waals surface area contributed by atoms with Crippen LogP contribution in [0.3, 0.4) is 0 Å². The lowest BCUT2D eigenvalue weighted by Gasteiger charge is -2.31. The van der Waals surface area contributed by atoms with Crippen molar-refractivity contribution in [2.24, 2.45) is 10.4 Å². The Labute approximate surface area is 168 Å². The molecule has 25 heavy (non-hydrogen) atoms. The Kier molecular flexibility index (Phi) is 9.24. The maximum atomic E-state index is 12.6. The van der Waals surface area contributed by atoms with Gasteiger partial charge in [-0.3, -0.25) is 9.79 Å². The van der Waals surface area contributed by atoms with E-state index in [1.807, 2.05) is 20.2 Å². The van der Waals surface area contributed by atoms with Crippen molar-refractivity contribution in [2.45, 2.75) is 32.1 Å². The minimum Gasteiger partial charge on any atom is -0.356 e. The van der Waals surface area contributed by atoms with Gasteiger partial charge in [-0.05, 0) is 24.8 Å². The van der Waals surface area contributed by atoms with Gasteiger partial charge in [0.2, 0.25) is 5.91 Å². The number of halogens is 1. The lowest BCUT2D eigenvalue weighted by molar-refractivity contribution is -0.138. The Bertz CT molecular complexity index is 554. The molecule has 1 fully saturated rings. The summed E-state index contributed by atoms with van der Waals surface area (Å²) in [5, 5.41) is 6.71. The van der Waals surface area contributed by atoms with E-state index < -0.39 is 0 Å². The Hall–Kier alpha value is -1.31. The zero-order valence-corrected chi connectivity index (χ0v) is 17.9. The summed E-state index contributed by atoms with van der Waals surface area (Å²) in [6.45, 7) is 1.47. The third kappa shape index (κ3) is 6.17. The van der Waals surface area contributed by atoms with Gasteiger partial charge in [-0.15, -0.1) is 24.0 Å². The molecule has 0 aliphatic heterocycles. The van der Waals surface area contributed by atoms with Gasteiger partial charge in [-0.25, -0.2) is 0 Å². The van der Waals surface area contributed by atoms with Crippen LogP contribution in [0, 0.1) is 5.41 Å². The number of carbonyl (C=O) groups is 1. The van der Waals surface area contributed by atoms with Crippen LogP contribution in [0.15, 0.2) is 35.3 Å². The fourth-order valence-corrected chi connectivity index (χ4v) is 3.44. The van der Waals surface area contributed by atoms with Gasteiger partial charge >= 0.3 is 0 Å². The Morgan fingerprint density at radius 1 is 1.16 bits per heavy atom. The molecule has 0 spiro atoms. The lowest BCUT2D eigenvalue weighted by Crippen LogP contribution is -2.49. The molecule has 1 aliphatic carbocycles. The molecule has 0 heterocycles. The highest BCUT2D eigenvalue weighted by molar-refractivity contribution is 14.0. The van der Waals surface area contributed by atoms with Crippen LogP contribution >= 0.6 is 24.0 Å². The summed E-state index contributed by atoms with van der Waals surface area (Å²) < 4.78 is 0. The van der Waals surface area contributed by atoms with E-state index in [-0.39, 0.29) is 35.3 Å². The van der Waals surface area contributed by atoms with Crippen LogP contribution in [0.25, 0.3) is 0 Å². The van der Waals surface area contributed by atoms with E-state index in [4.69, 9.17) is 0 Å². The number of hydrogen-bond donors (Lipinski definition) is 2. The van der Waals surface area contributed by atoms with Crippen LogP contribution in [0.4, 0.5) is 0 Å². The fourth-order valence-electron chi connectivity index (χ4n) is 3.44. The molecule has 0 aromatic heterocycles. The Morgan fingerprint density at radius 2 is 1.80 bits per heavy atom. The summed E-state index contributed by atoms with van der Waals surface area (Å²) in [6, 6.07) is 10.4. The molecule has 140 valence electrons. The van der Waals surface area contributed by atoms with Crippen LogP contribution in [-0.2, 0) is 11.2 Å². The Balaban J connectivity index is 0.00000312. The number of benzene rings is 1. The third-order valence-electron chi connectivity index (χ3n) is 4.79. The van der Waals surface area contributed by atoms with Crippen molar-refractivity contribution >= 4 is 35.8 Å². The van der Waals surface area contributed by atoms with Crippen LogP contribution in [-0.4, -0.2) is 51.0 Å². The highest BCUT2D eigenvalue weighted by Gasteiger charge is 2.42. The molecule has 5 nitrogen and oxygen atoms in total. The number of hydrogen-bond acceptors (Lipinski definition) is 2. The van der Waals surface area contributed by atoms with E-state index in [0.717, 1.165) is 44.6 Å². The lowest BCUT2D eigenvalue weighted by atomic mass is 9.84. The molecule has 1 saturated carbocycles. The zero-order valence-electron chi connectivity index (χ0n) is 15.5. The highest BCUT2D eigenvalue weighted by Crippen LogP contribution is 2.38. The number of rotatable bonds is 6. The van der Waals surface area contributed by atoms with Gasteiger partial charge in [0.25, 0.3) is 0 Å². The molecule has 0 unspecified atom stereocenters. The number of guanidine groups is 1. The first-order valence-corrected chi connectivity index (χ1v) is 8.77. The van der Waals surface area contributed by atoms with Crippen molar-refractivity contribution in [1.82, 2.24) is 15.5 Å². The van der Waals surface area contributed by atoms with Gasteiger partial charge in [0.15, 0.2) is 5.96 Å². The summed E-state index contributed by atoms with van der Waals surface area (Å²) in [5.74, 6) is 0.996. The average Bonchev–Trinajstić information content (AvgIpc) is 3.08. The largest absolute Gasteiger partial charge is 0.356 e. The van der Waals surface area contributed by atoms with Gasteiger partial charge in [0.1, 0.15) is 0 Å². The smallest absolute Gasteiger partial charge is 0.230 e. The number of nitrogens with one attached hydrogen (secondary N) is 2. The first-order valence-electron chi connectivity index (χ1n) is 8.77. The van der Waals surface area contributed by atoms with Crippen molar-refractivity contribution in [3.05, 3.63) is 35.9 Å². The standard InChI is InChI=1S/C19H30N4O.HI/c1-20-18(21-14-11-16-9-5-4-6-10-16)22-15-19(12-7-8-13-19)17(24)23(2)3;/h4-6,9-10H,7-8,11-15H2,1-3H3,(H2,20,21,22);1H. The number of nitrogens with zero attached hydrogens (tertiary/aromatic N) is 2. The second-order valence-electron chi connectivity index (χ2n) is 6.78. The molecular formula is C19H31IN4O. The van der Waals surface area contributed by atoms with Gasteiger partial charge < -0.3 is 15.5 Å². The maximum absolute atomic E-state index is 12.6. The summed E-state index contributed by atoms with van der Waals surface area (Å²) in [7, 11) is 5.46. The number of amides is 1. The topological polar surface area (TPSA) is 56.7 Å². The minimum atomic E-state index is -0.277. The summed E-state index contributed by atoms with van der Waals surface area (Å²) in [4.78, 5) is 18.6. The van der Waals surface area contributed by atoms with Crippen molar-refractivity contribution in [3.63, 3.8) is 0 Å². The van der Waals surface area contributed by atoms with Crippen molar-refractivity contribution in [1.29, 1.82) is 0 Å². The SMILES string of the molecule is CN=C(NCCc1ccccc1)NCC1(C(=O)N(C)C)CCCC1.I. The molecule has 2 N–H and O–H groups in total. The van der Waals surface area contributed by atoms with E-state index in [9.17, 15) is 4.79 Å². The third-order valence-corrected chi connectivity index (χ3v) is 4.79. The molecule has 0 atom stereocenters. The quantitative estimate of drug-likeness (QED) is 0.392. The highest BCUT2D eigenvalue weighted by atomic mass is 127. The first-order chi connectivity index (χ1) is 11.6. The van der Waals surface area contributed by atoms with Crippen molar-refractivity contribution < 1.29 is 4.79 Å². The van der Waals surface area contributed by atoms with E-state index >= 15 is 0 Å². The molecule has 1 amide bonds. The molecule has 0 radical (unpaired) electrons. The second-order valence-corrected chi connectivity index (χ2v) is 6.78. The van der Waals surface area contributed by atoms with Gasteiger partial charge in [0.05, 0.1) is 5.41 Å². The van der Waals surface area contributed by atoms with E-state index in [1.54, 1.807) is 11.9 Å². The van der Waals surface area contributed by atoms with Crippen molar-refractivity contribution in [3.8, 4) is 0 Å². The zero-order chi connectivity index (χ0) is 17.4. The molecule has 0 bridgehead atoms. The van der Waals surface area contributed by atoms with E-state index in [1.165, 1.54) is 5.56 Å². The average molecular weight is 458 g/mol.